The van der Waals surface area contributed by atoms with Crippen LogP contribution in [0.4, 0.5) is 19.0 Å². The Morgan fingerprint density at radius 2 is 2.07 bits per heavy atom. The van der Waals surface area contributed by atoms with Crippen molar-refractivity contribution in [2.45, 2.75) is 19.1 Å². The monoisotopic (exact) mass is 395 g/mol. The molecule has 0 saturated carbocycles. The average molecular weight is 395 g/mol. The normalized spacial score (nSPS) is 12.6. The number of halogens is 3. The molecule has 1 atom stereocenters. The fourth-order valence-corrected chi connectivity index (χ4v) is 2.45. The van der Waals surface area contributed by atoms with Gasteiger partial charge in [-0.25, -0.2) is 4.98 Å². The number of aromatic nitrogens is 6. The smallest absolute Gasteiger partial charge is 0.408 e. The summed E-state index contributed by atoms with van der Waals surface area (Å²) in [6.45, 7) is 0.993. The van der Waals surface area contributed by atoms with Crippen molar-refractivity contribution in [1.82, 2.24) is 29.5 Å². The van der Waals surface area contributed by atoms with Crippen molar-refractivity contribution in [3.63, 3.8) is 0 Å². The summed E-state index contributed by atoms with van der Waals surface area (Å²) < 4.78 is 46.5. The lowest BCUT2D eigenvalue weighted by atomic mass is 10.2. The van der Waals surface area contributed by atoms with Gasteiger partial charge in [-0.05, 0) is 19.1 Å². The highest BCUT2D eigenvalue weighted by Crippen LogP contribution is 2.32. The van der Waals surface area contributed by atoms with Crippen molar-refractivity contribution in [3.8, 4) is 17.4 Å². The maximum Gasteiger partial charge on any atom is 0.408 e. The molecule has 3 rings (SSSR count). The minimum Gasteiger partial charge on any atom is -0.479 e. The summed E-state index contributed by atoms with van der Waals surface area (Å²) in [5.74, 6) is -0.336. The molecule has 0 bridgehead atoms. The van der Waals surface area contributed by atoms with Gasteiger partial charge >= 0.3 is 6.18 Å². The number of rotatable bonds is 5. The summed E-state index contributed by atoms with van der Waals surface area (Å²) in [7, 11) is 3.01. The number of nitrogens with one attached hydrogen (secondary N) is 1. The zero-order valence-electron chi connectivity index (χ0n) is 15.1. The second-order valence-corrected chi connectivity index (χ2v) is 5.87. The third-order valence-corrected chi connectivity index (χ3v) is 3.92. The summed E-state index contributed by atoms with van der Waals surface area (Å²) in [6.07, 6.45) is -2.01. The number of amides is 1. The third-order valence-electron chi connectivity index (χ3n) is 3.92. The Labute approximate surface area is 157 Å². The first-order valence-corrected chi connectivity index (χ1v) is 8.03. The second-order valence-electron chi connectivity index (χ2n) is 5.87. The molecule has 3 heterocycles. The van der Waals surface area contributed by atoms with E-state index in [-0.39, 0.29) is 28.8 Å². The van der Waals surface area contributed by atoms with Crippen molar-refractivity contribution < 1.29 is 22.7 Å². The van der Waals surface area contributed by atoms with Crippen molar-refractivity contribution in [3.05, 3.63) is 36.3 Å². The molecule has 12 heteroatoms. The van der Waals surface area contributed by atoms with Crippen molar-refractivity contribution in [1.29, 1.82) is 0 Å². The molecule has 28 heavy (non-hydrogen) atoms. The van der Waals surface area contributed by atoms with Crippen LogP contribution in [0, 0.1) is 0 Å². The molecule has 3 aromatic rings. The number of carbonyl (C=O) groups excluding carboxylic acids is 1. The molecule has 0 radical (unpaired) electrons. The number of methoxy groups -OCH3 is 1. The second kappa shape index (κ2) is 7.29. The number of nitrogens with zero attached hydrogens (tertiary/aromatic N) is 6. The van der Waals surface area contributed by atoms with Crippen LogP contribution < -0.4 is 10.1 Å². The Bertz CT molecular complexity index is 996. The molecule has 3 aromatic heterocycles. The van der Waals surface area contributed by atoms with Crippen LogP contribution in [0.2, 0.25) is 0 Å². The highest BCUT2D eigenvalue weighted by Gasteiger charge is 2.38. The van der Waals surface area contributed by atoms with E-state index >= 15 is 0 Å². The van der Waals surface area contributed by atoms with E-state index in [4.69, 9.17) is 4.74 Å². The molecule has 0 unspecified atom stereocenters. The fraction of sp³-hybridized carbons (Fsp3) is 0.312. The number of aryl methyl sites for hydroxylation is 1. The topological polar surface area (TPSA) is 99.8 Å². The molecule has 0 aromatic carbocycles. The van der Waals surface area contributed by atoms with Gasteiger partial charge in [0.15, 0.2) is 5.82 Å². The minimum atomic E-state index is -4.47. The molecule has 0 saturated heterocycles. The van der Waals surface area contributed by atoms with Crippen molar-refractivity contribution in [2.75, 3.05) is 12.4 Å². The van der Waals surface area contributed by atoms with Gasteiger partial charge in [-0.15, -0.1) is 15.3 Å². The lowest BCUT2D eigenvalue weighted by Gasteiger charge is -2.18. The SMILES string of the molecule is COc1nn(C)cc1C(=O)Nc1cccc(-c2nncn2[C@@H](C)C(F)(F)F)n1. The molecule has 1 N–H and O–H groups in total. The van der Waals surface area contributed by atoms with Gasteiger partial charge in [0.25, 0.3) is 5.91 Å². The van der Waals surface area contributed by atoms with Gasteiger partial charge in [0.1, 0.15) is 29.4 Å². The van der Waals surface area contributed by atoms with E-state index in [1.165, 1.54) is 36.2 Å². The van der Waals surface area contributed by atoms with Crippen LogP contribution in [0.5, 0.6) is 5.88 Å². The Kier molecular flexibility index (Phi) is 5.03. The lowest BCUT2D eigenvalue weighted by molar-refractivity contribution is -0.162. The summed E-state index contributed by atoms with van der Waals surface area (Å²) in [5, 5.41) is 13.8. The van der Waals surface area contributed by atoms with Gasteiger partial charge in [-0.3, -0.25) is 9.48 Å². The van der Waals surface area contributed by atoms with Gasteiger partial charge in [0.2, 0.25) is 5.88 Å². The summed E-state index contributed by atoms with van der Waals surface area (Å²) in [4.78, 5) is 16.6. The first-order valence-electron chi connectivity index (χ1n) is 8.03. The third kappa shape index (κ3) is 3.80. The zero-order valence-corrected chi connectivity index (χ0v) is 15.1. The zero-order chi connectivity index (χ0) is 20.5. The summed E-state index contributed by atoms with van der Waals surface area (Å²) in [6, 6.07) is 2.68. The van der Waals surface area contributed by atoms with Gasteiger partial charge < -0.3 is 14.6 Å². The van der Waals surface area contributed by atoms with Gasteiger partial charge in [-0.2, -0.15) is 13.2 Å². The average Bonchev–Trinajstić information content (AvgIpc) is 3.26. The van der Waals surface area contributed by atoms with E-state index in [0.29, 0.717) is 0 Å². The number of anilines is 1. The molecule has 148 valence electrons. The Morgan fingerprint density at radius 1 is 1.32 bits per heavy atom. The number of alkyl halides is 3. The molecule has 0 aliphatic rings. The molecule has 0 aliphatic carbocycles. The lowest BCUT2D eigenvalue weighted by Crippen LogP contribution is -2.24. The Hall–Kier alpha value is -3.44. The largest absolute Gasteiger partial charge is 0.479 e. The predicted octanol–water partition coefficient (Wildman–Crippen LogP) is 2.46. The number of hydrogen-bond acceptors (Lipinski definition) is 6. The van der Waals surface area contributed by atoms with E-state index < -0.39 is 18.1 Å². The minimum absolute atomic E-state index is 0.0696. The van der Waals surface area contributed by atoms with Crippen LogP contribution in [0.1, 0.15) is 23.3 Å². The van der Waals surface area contributed by atoms with E-state index in [9.17, 15) is 18.0 Å². The number of ether oxygens (including phenoxy) is 1. The maximum absolute atomic E-state index is 13.0. The van der Waals surface area contributed by atoms with Crippen LogP contribution in [0.25, 0.3) is 11.5 Å². The summed E-state index contributed by atoms with van der Waals surface area (Å²) >= 11 is 0. The van der Waals surface area contributed by atoms with Crippen molar-refractivity contribution in [2.24, 2.45) is 7.05 Å². The molecule has 0 spiro atoms. The predicted molar refractivity (Wildman–Crippen MR) is 91.7 cm³/mol. The highest BCUT2D eigenvalue weighted by atomic mass is 19.4. The molecular formula is C16H16F3N7O2. The first-order chi connectivity index (χ1) is 13.2. The van der Waals surface area contributed by atoms with E-state index in [1.54, 1.807) is 7.05 Å². The summed E-state index contributed by atoms with van der Waals surface area (Å²) in [5.41, 5.74) is 0.315. The number of pyridine rings is 1. The molecular weight excluding hydrogens is 379 g/mol. The quantitative estimate of drug-likeness (QED) is 0.712. The van der Waals surface area contributed by atoms with Crippen molar-refractivity contribution >= 4 is 11.7 Å². The molecule has 9 nitrogen and oxygen atoms in total. The van der Waals surface area contributed by atoms with Crippen LogP contribution in [-0.4, -0.2) is 48.7 Å². The van der Waals surface area contributed by atoms with E-state index in [0.717, 1.165) is 17.8 Å². The standard InChI is InChI=1S/C16H16F3N7O2/c1-9(16(17,18)19)26-8-20-23-13(26)11-5-4-6-12(21-11)22-14(27)10-7-25(2)24-15(10)28-3/h4-9H,1-3H3,(H,21,22,27)/t9-/m0/s1. The van der Waals surface area contributed by atoms with Gasteiger partial charge in [0, 0.05) is 13.2 Å². The van der Waals surface area contributed by atoms with Crippen LogP contribution in [0.15, 0.2) is 30.7 Å². The van der Waals surface area contributed by atoms with Crippen LogP contribution >= 0.6 is 0 Å². The van der Waals surface area contributed by atoms with E-state index in [2.05, 4.69) is 25.6 Å². The fourth-order valence-electron chi connectivity index (χ4n) is 2.45. The highest BCUT2D eigenvalue weighted by molar-refractivity contribution is 6.05. The molecule has 0 fully saturated rings. The maximum atomic E-state index is 13.0. The van der Waals surface area contributed by atoms with Crippen LogP contribution in [0.3, 0.4) is 0 Å². The number of carbonyl (C=O) groups is 1. The van der Waals surface area contributed by atoms with E-state index in [1.807, 2.05) is 0 Å². The van der Waals surface area contributed by atoms with Gasteiger partial charge in [-0.1, -0.05) is 6.07 Å². The Morgan fingerprint density at radius 3 is 2.75 bits per heavy atom. The number of hydrogen-bond donors (Lipinski definition) is 1. The van der Waals surface area contributed by atoms with Crippen LogP contribution in [-0.2, 0) is 7.05 Å². The molecule has 1 amide bonds. The first kappa shape index (κ1) is 19.3. The van der Waals surface area contributed by atoms with Gasteiger partial charge in [0.05, 0.1) is 7.11 Å². The Balaban J connectivity index is 1.88. The molecule has 0 aliphatic heterocycles.